The molecule has 0 saturated heterocycles. The number of rotatable bonds is 6. The number of nitrogens with zero attached hydrogens (tertiary/aromatic N) is 6. The van der Waals surface area contributed by atoms with Crippen LogP contribution in [0.4, 0.5) is 5.82 Å². The van der Waals surface area contributed by atoms with Crippen LogP contribution in [-0.4, -0.2) is 68.5 Å². The second-order valence-electron chi connectivity index (χ2n) is 8.97. The first-order valence-electron chi connectivity index (χ1n) is 11.4. The summed E-state index contributed by atoms with van der Waals surface area (Å²) in [5, 5.41) is 0.582. The molecular formula is C24H30ClN7O2. The van der Waals surface area contributed by atoms with E-state index in [-0.39, 0.29) is 29.5 Å². The number of hydrogen-bond donors (Lipinski definition) is 1. The van der Waals surface area contributed by atoms with Gasteiger partial charge in [0.15, 0.2) is 11.5 Å². The van der Waals surface area contributed by atoms with Crippen LogP contribution in [0.5, 0.6) is 0 Å². The second-order valence-corrected chi connectivity index (χ2v) is 9.41. The molecule has 0 aliphatic heterocycles. The maximum Gasteiger partial charge on any atom is 0.335 e. The lowest BCUT2D eigenvalue weighted by molar-refractivity contribution is -0.127. The van der Waals surface area contributed by atoms with E-state index in [4.69, 9.17) is 17.3 Å². The van der Waals surface area contributed by atoms with Crippen molar-refractivity contribution in [1.82, 2.24) is 28.9 Å². The van der Waals surface area contributed by atoms with Gasteiger partial charge in [-0.25, -0.2) is 14.8 Å². The van der Waals surface area contributed by atoms with Gasteiger partial charge in [0, 0.05) is 36.8 Å². The molecule has 1 aliphatic rings. The number of hydrogen-bond acceptors (Lipinski definition) is 6. The van der Waals surface area contributed by atoms with Gasteiger partial charge in [0.05, 0.1) is 5.69 Å². The Balaban J connectivity index is 1.59. The van der Waals surface area contributed by atoms with Crippen LogP contribution in [0.25, 0.3) is 16.9 Å². The maximum absolute atomic E-state index is 13.6. The molecule has 0 radical (unpaired) electrons. The van der Waals surface area contributed by atoms with Gasteiger partial charge in [0.25, 0.3) is 0 Å². The van der Waals surface area contributed by atoms with Crippen LogP contribution in [0.3, 0.4) is 0 Å². The molecule has 1 aliphatic carbocycles. The van der Waals surface area contributed by atoms with Crippen LogP contribution in [0.2, 0.25) is 5.02 Å². The number of anilines is 1. The highest BCUT2D eigenvalue weighted by atomic mass is 35.5. The molecule has 0 bridgehead atoms. The first kappa shape index (κ1) is 24.0. The number of imidazole rings is 1. The zero-order valence-electron chi connectivity index (χ0n) is 19.7. The van der Waals surface area contributed by atoms with E-state index >= 15 is 0 Å². The summed E-state index contributed by atoms with van der Waals surface area (Å²) < 4.78 is 3.29. The lowest BCUT2D eigenvalue weighted by Gasteiger charge is -2.34. The molecule has 3 aromatic rings. The molecule has 1 aromatic carbocycles. The summed E-state index contributed by atoms with van der Waals surface area (Å²) >= 11 is 6.04. The van der Waals surface area contributed by atoms with E-state index in [2.05, 4.69) is 9.97 Å². The summed E-state index contributed by atoms with van der Waals surface area (Å²) in [6, 6.07) is 7.12. The highest BCUT2D eigenvalue weighted by Crippen LogP contribution is 2.33. The number of carbonyl (C=O) groups is 1. The number of fused-ring (bicyclic) bond motifs is 1. The van der Waals surface area contributed by atoms with E-state index < -0.39 is 0 Å². The van der Waals surface area contributed by atoms with Gasteiger partial charge in [0.1, 0.15) is 11.8 Å². The highest BCUT2D eigenvalue weighted by molar-refractivity contribution is 6.30. The molecule has 0 spiro atoms. The molecule has 2 N–H and O–H groups in total. The van der Waals surface area contributed by atoms with Gasteiger partial charge >= 0.3 is 5.69 Å². The van der Waals surface area contributed by atoms with Gasteiger partial charge in [0.2, 0.25) is 5.91 Å². The lowest BCUT2D eigenvalue weighted by atomic mass is 9.90. The Hall–Kier alpha value is -3.17. The largest absolute Gasteiger partial charge is 0.382 e. The van der Waals surface area contributed by atoms with Crippen molar-refractivity contribution in [1.29, 1.82) is 0 Å². The van der Waals surface area contributed by atoms with Crippen LogP contribution in [0.1, 0.15) is 31.7 Å². The van der Waals surface area contributed by atoms with Crippen LogP contribution in [0, 0.1) is 0 Å². The lowest BCUT2D eigenvalue weighted by Crippen LogP contribution is -2.40. The topological polar surface area (TPSA) is 102 Å². The third-order valence-electron chi connectivity index (χ3n) is 6.42. The average Bonchev–Trinajstić information content (AvgIpc) is 3.12. The summed E-state index contributed by atoms with van der Waals surface area (Å²) in [5.74, 6) is 0.252. The highest BCUT2D eigenvalue weighted by Gasteiger charge is 2.30. The van der Waals surface area contributed by atoms with Gasteiger partial charge in [-0.1, -0.05) is 17.7 Å². The average molecular weight is 484 g/mol. The Bertz CT molecular complexity index is 1250. The molecule has 9 nitrogen and oxygen atoms in total. The molecule has 180 valence electrons. The van der Waals surface area contributed by atoms with Crippen LogP contribution in [-0.2, 0) is 4.79 Å². The van der Waals surface area contributed by atoms with Crippen LogP contribution in [0.15, 0.2) is 47.5 Å². The Morgan fingerprint density at radius 2 is 1.82 bits per heavy atom. The first-order valence-corrected chi connectivity index (χ1v) is 11.7. The standard InChI is InChI=1S/C24H30ClN7O2/c1-29(2)14-4-5-20(33)30(3)17-10-12-19(13-11-17)32-23-21(22(26)27-15-28-23)31(24(32)34)18-8-6-16(25)7-9-18/h4-9,15,17,19H,10-14H2,1-3H3,(H2,26,27,28)/b5-4+. The van der Waals surface area contributed by atoms with Crippen LogP contribution < -0.4 is 11.4 Å². The van der Waals surface area contributed by atoms with E-state index in [1.165, 1.54) is 6.33 Å². The SMILES string of the molecule is CN(C)C/C=C/C(=O)N(C)C1CCC(n2c(=O)n(-c3ccc(Cl)cc3)c3c(N)ncnc32)CC1. The quantitative estimate of drug-likeness (QED) is 0.541. The molecule has 0 atom stereocenters. The minimum Gasteiger partial charge on any atom is -0.382 e. The van der Waals surface area contributed by atoms with E-state index in [1.807, 2.05) is 37.0 Å². The van der Waals surface area contributed by atoms with Crippen molar-refractivity contribution in [2.24, 2.45) is 0 Å². The Morgan fingerprint density at radius 3 is 2.47 bits per heavy atom. The van der Waals surface area contributed by atoms with Crippen molar-refractivity contribution in [3.05, 3.63) is 58.3 Å². The number of aromatic nitrogens is 4. The number of nitrogens with two attached hydrogens (primary N) is 1. The van der Waals surface area contributed by atoms with E-state index in [1.54, 1.807) is 39.5 Å². The smallest absolute Gasteiger partial charge is 0.335 e. The summed E-state index contributed by atoms with van der Waals surface area (Å²) in [6.07, 6.45) is 8.01. The Kier molecular flexibility index (Phi) is 7.04. The molecule has 1 saturated carbocycles. The molecule has 2 aromatic heterocycles. The van der Waals surface area contributed by atoms with Gasteiger partial charge in [-0.15, -0.1) is 0 Å². The molecule has 4 rings (SSSR count). The zero-order valence-corrected chi connectivity index (χ0v) is 20.4. The minimum atomic E-state index is -0.205. The fraction of sp³-hybridized carbons (Fsp3) is 0.417. The molecule has 10 heteroatoms. The number of amides is 1. The van der Waals surface area contributed by atoms with Crippen LogP contribution >= 0.6 is 11.6 Å². The summed E-state index contributed by atoms with van der Waals surface area (Å²) in [6.45, 7) is 0.720. The van der Waals surface area contributed by atoms with E-state index in [0.717, 1.165) is 32.2 Å². The number of halogens is 1. The first-order chi connectivity index (χ1) is 16.3. The molecule has 0 unspecified atom stereocenters. The second kappa shape index (κ2) is 9.99. The summed E-state index contributed by atoms with van der Waals surface area (Å²) in [5.41, 5.74) is 7.65. The fourth-order valence-electron chi connectivity index (χ4n) is 4.59. The molecular weight excluding hydrogens is 454 g/mol. The Morgan fingerprint density at radius 1 is 1.15 bits per heavy atom. The predicted molar refractivity (Wildman–Crippen MR) is 134 cm³/mol. The Labute approximate surface area is 203 Å². The molecule has 34 heavy (non-hydrogen) atoms. The minimum absolute atomic E-state index is 0.00215. The van der Waals surface area contributed by atoms with Crippen molar-refractivity contribution >= 4 is 34.5 Å². The predicted octanol–water partition coefficient (Wildman–Crippen LogP) is 2.88. The third kappa shape index (κ3) is 4.71. The van der Waals surface area contributed by atoms with Gasteiger partial charge in [-0.3, -0.25) is 13.9 Å². The van der Waals surface area contributed by atoms with Crippen molar-refractivity contribution in [3.63, 3.8) is 0 Å². The normalized spacial score (nSPS) is 18.7. The monoisotopic (exact) mass is 483 g/mol. The number of likely N-dealkylation sites (N-methyl/N-ethyl adjacent to an activating group) is 2. The van der Waals surface area contributed by atoms with Crippen molar-refractivity contribution in [2.45, 2.75) is 37.8 Å². The van der Waals surface area contributed by atoms with E-state index in [0.29, 0.717) is 21.9 Å². The maximum atomic E-state index is 13.6. The number of benzene rings is 1. The third-order valence-corrected chi connectivity index (χ3v) is 6.67. The molecule has 1 amide bonds. The summed E-state index contributed by atoms with van der Waals surface area (Å²) in [7, 11) is 5.77. The van der Waals surface area contributed by atoms with Crippen molar-refractivity contribution < 1.29 is 4.79 Å². The zero-order chi connectivity index (χ0) is 24.4. The van der Waals surface area contributed by atoms with Gasteiger partial charge < -0.3 is 15.5 Å². The fourth-order valence-corrected chi connectivity index (χ4v) is 4.72. The molecule has 1 fully saturated rings. The molecule has 2 heterocycles. The number of nitrogen functional groups attached to an aromatic ring is 1. The summed E-state index contributed by atoms with van der Waals surface area (Å²) in [4.78, 5) is 38.5. The van der Waals surface area contributed by atoms with Crippen molar-refractivity contribution in [2.75, 3.05) is 33.4 Å². The van der Waals surface area contributed by atoms with Gasteiger partial charge in [-0.05, 0) is 64.0 Å². The van der Waals surface area contributed by atoms with E-state index in [9.17, 15) is 9.59 Å². The van der Waals surface area contributed by atoms with Crippen molar-refractivity contribution in [3.8, 4) is 5.69 Å². The number of carbonyl (C=O) groups excluding carboxylic acids is 1. The van der Waals surface area contributed by atoms with Gasteiger partial charge in [-0.2, -0.15) is 0 Å².